The van der Waals surface area contributed by atoms with Crippen molar-refractivity contribution < 1.29 is 18.7 Å². The van der Waals surface area contributed by atoms with Crippen LogP contribution in [-0.4, -0.2) is 24.3 Å². The van der Waals surface area contributed by atoms with Crippen LogP contribution < -0.4 is 10.1 Å². The molecular formula is C15H20FNO3. The summed E-state index contributed by atoms with van der Waals surface area (Å²) in [6, 6.07) is 3.76. The molecule has 1 N–H and O–H groups in total. The summed E-state index contributed by atoms with van der Waals surface area (Å²) in [5.74, 6) is -0.930. The lowest BCUT2D eigenvalue weighted by molar-refractivity contribution is -0.123. The molecule has 0 aliphatic heterocycles. The minimum absolute atomic E-state index is 0.0946. The van der Waals surface area contributed by atoms with Crippen LogP contribution in [-0.2, 0) is 4.79 Å². The molecule has 0 radical (unpaired) electrons. The molecule has 0 aliphatic carbocycles. The molecule has 0 bridgehead atoms. The normalized spacial score (nSPS) is 10.4. The van der Waals surface area contributed by atoms with Crippen LogP contribution in [0.1, 0.15) is 44.0 Å². The van der Waals surface area contributed by atoms with E-state index in [9.17, 15) is 14.0 Å². The zero-order valence-electron chi connectivity index (χ0n) is 12.0. The predicted molar refractivity (Wildman–Crippen MR) is 74.4 cm³/mol. The Morgan fingerprint density at radius 1 is 1.30 bits per heavy atom. The van der Waals surface area contributed by atoms with Gasteiger partial charge in [0.2, 0.25) is 0 Å². The average Bonchev–Trinajstić information content (AvgIpc) is 2.42. The Hall–Kier alpha value is -1.91. The second-order valence-electron chi connectivity index (χ2n) is 4.57. The van der Waals surface area contributed by atoms with Gasteiger partial charge in [-0.1, -0.05) is 13.8 Å². The van der Waals surface area contributed by atoms with E-state index in [1.165, 1.54) is 19.1 Å². The SMILES string of the molecule is CCC(CC)NC(=O)COc1cc(F)ccc1C(C)=O. The van der Waals surface area contributed by atoms with E-state index >= 15 is 0 Å². The van der Waals surface area contributed by atoms with Crippen molar-refractivity contribution in [2.24, 2.45) is 0 Å². The van der Waals surface area contributed by atoms with Crippen molar-refractivity contribution in [2.45, 2.75) is 39.7 Å². The minimum Gasteiger partial charge on any atom is -0.483 e. The summed E-state index contributed by atoms with van der Waals surface area (Å²) in [5, 5.41) is 2.81. The maximum atomic E-state index is 13.2. The third kappa shape index (κ3) is 4.64. The molecule has 0 atom stereocenters. The third-order valence-corrected chi connectivity index (χ3v) is 3.03. The fourth-order valence-corrected chi connectivity index (χ4v) is 1.81. The van der Waals surface area contributed by atoms with Gasteiger partial charge in [0.25, 0.3) is 5.91 Å². The van der Waals surface area contributed by atoms with Gasteiger partial charge in [0.05, 0.1) is 5.56 Å². The first-order chi connectivity index (χ1) is 9.47. The molecule has 0 heterocycles. The molecule has 0 spiro atoms. The summed E-state index contributed by atoms with van der Waals surface area (Å²) in [7, 11) is 0. The van der Waals surface area contributed by atoms with Crippen molar-refractivity contribution in [1.29, 1.82) is 0 Å². The molecule has 4 nitrogen and oxygen atoms in total. The maximum Gasteiger partial charge on any atom is 0.258 e. The van der Waals surface area contributed by atoms with Gasteiger partial charge in [-0.25, -0.2) is 4.39 Å². The number of benzene rings is 1. The number of ether oxygens (including phenoxy) is 1. The monoisotopic (exact) mass is 281 g/mol. The minimum atomic E-state index is -0.509. The van der Waals surface area contributed by atoms with E-state index in [0.717, 1.165) is 18.9 Å². The molecule has 20 heavy (non-hydrogen) atoms. The maximum absolute atomic E-state index is 13.2. The van der Waals surface area contributed by atoms with Gasteiger partial charge in [0.1, 0.15) is 11.6 Å². The van der Waals surface area contributed by atoms with E-state index in [4.69, 9.17) is 4.74 Å². The Labute approximate surface area is 118 Å². The number of amides is 1. The Morgan fingerprint density at radius 3 is 2.50 bits per heavy atom. The standard InChI is InChI=1S/C15H20FNO3/c1-4-12(5-2)17-15(19)9-20-14-8-11(16)6-7-13(14)10(3)18/h6-8,12H,4-5,9H2,1-3H3,(H,17,19). The number of carbonyl (C=O) groups is 2. The number of ketones is 1. The van der Waals surface area contributed by atoms with Gasteiger partial charge in [-0.05, 0) is 31.9 Å². The molecule has 0 saturated heterocycles. The number of rotatable bonds is 7. The number of hydrogen-bond acceptors (Lipinski definition) is 3. The number of hydrogen-bond donors (Lipinski definition) is 1. The zero-order valence-corrected chi connectivity index (χ0v) is 12.0. The van der Waals surface area contributed by atoms with Gasteiger partial charge < -0.3 is 10.1 Å². The lowest BCUT2D eigenvalue weighted by Gasteiger charge is -2.15. The Morgan fingerprint density at radius 2 is 1.95 bits per heavy atom. The van der Waals surface area contributed by atoms with Gasteiger partial charge in [0.15, 0.2) is 12.4 Å². The summed E-state index contributed by atoms with van der Waals surface area (Å²) in [5.41, 5.74) is 0.265. The molecule has 1 aromatic rings. The molecule has 0 saturated carbocycles. The molecule has 0 unspecified atom stereocenters. The Bertz CT molecular complexity index is 484. The molecular weight excluding hydrogens is 261 g/mol. The topological polar surface area (TPSA) is 55.4 Å². The first-order valence-electron chi connectivity index (χ1n) is 6.70. The molecule has 110 valence electrons. The van der Waals surface area contributed by atoms with E-state index < -0.39 is 5.82 Å². The van der Waals surface area contributed by atoms with E-state index in [-0.39, 0.29) is 35.7 Å². The van der Waals surface area contributed by atoms with Crippen LogP contribution >= 0.6 is 0 Å². The van der Waals surface area contributed by atoms with Gasteiger partial charge in [0, 0.05) is 12.1 Å². The van der Waals surface area contributed by atoms with Crippen LogP contribution in [0.25, 0.3) is 0 Å². The largest absolute Gasteiger partial charge is 0.483 e. The first-order valence-corrected chi connectivity index (χ1v) is 6.70. The van der Waals surface area contributed by atoms with Crippen molar-refractivity contribution in [2.75, 3.05) is 6.61 Å². The van der Waals surface area contributed by atoms with Crippen LogP contribution in [0.4, 0.5) is 4.39 Å². The lowest BCUT2D eigenvalue weighted by atomic mass is 10.1. The molecule has 0 aliphatic rings. The summed E-state index contributed by atoms with van der Waals surface area (Å²) in [6.07, 6.45) is 1.67. The molecule has 1 amide bonds. The smallest absolute Gasteiger partial charge is 0.258 e. The quantitative estimate of drug-likeness (QED) is 0.782. The Kier molecular flexibility index (Phi) is 6.15. The highest BCUT2D eigenvalue weighted by Gasteiger charge is 2.13. The van der Waals surface area contributed by atoms with E-state index in [1.807, 2.05) is 13.8 Å². The van der Waals surface area contributed by atoms with Gasteiger partial charge in [-0.15, -0.1) is 0 Å². The number of halogens is 1. The first kappa shape index (κ1) is 16.1. The number of carbonyl (C=O) groups excluding carboxylic acids is 2. The molecule has 1 aromatic carbocycles. The fourth-order valence-electron chi connectivity index (χ4n) is 1.81. The molecule has 0 fully saturated rings. The van der Waals surface area contributed by atoms with Crippen LogP contribution in [0, 0.1) is 5.82 Å². The van der Waals surface area contributed by atoms with Crippen molar-refractivity contribution in [3.63, 3.8) is 0 Å². The van der Waals surface area contributed by atoms with E-state index in [1.54, 1.807) is 0 Å². The van der Waals surface area contributed by atoms with Gasteiger partial charge in [-0.3, -0.25) is 9.59 Å². The van der Waals surface area contributed by atoms with Crippen LogP contribution in [0.2, 0.25) is 0 Å². The number of Topliss-reactive ketones (excluding diaryl/α,β-unsaturated/α-hetero) is 1. The van der Waals surface area contributed by atoms with E-state index in [2.05, 4.69) is 5.32 Å². The van der Waals surface area contributed by atoms with Gasteiger partial charge >= 0.3 is 0 Å². The fraction of sp³-hybridized carbons (Fsp3) is 0.467. The van der Waals surface area contributed by atoms with Crippen LogP contribution in [0.5, 0.6) is 5.75 Å². The van der Waals surface area contributed by atoms with Crippen LogP contribution in [0.3, 0.4) is 0 Å². The summed E-state index contributed by atoms with van der Waals surface area (Å²) in [6.45, 7) is 5.09. The lowest BCUT2D eigenvalue weighted by Crippen LogP contribution is -2.37. The highest BCUT2D eigenvalue weighted by Crippen LogP contribution is 2.20. The highest BCUT2D eigenvalue weighted by atomic mass is 19.1. The second kappa shape index (κ2) is 7.62. The summed E-state index contributed by atoms with van der Waals surface area (Å²) < 4.78 is 18.4. The zero-order chi connectivity index (χ0) is 15.1. The average molecular weight is 281 g/mol. The van der Waals surface area contributed by atoms with Crippen molar-refractivity contribution >= 4 is 11.7 Å². The number of nitrogens with one attached hydrogen (secondary N) is 1. The summed E-state index contributed by atoms with van der Waals surface area (Å²) in [4.78, 5) is 23.1. The third-order valence-electron chi connectivity index (χ3n) is 3.03. The van der Waals surface area contributed by atoms with Crippen molar-refractivity contribution in [1.82, 2.24) is 5.32 Å². The highest BCUT2D eigenvalue weighted by molar-refractivity contribution is 5.96. The van der Waals surface area contributed by atoms with Gasteiger partial charge in [-0.2, -0.15) is 0 Å². The van der Waals surface area contributed by atoms with Crippen molar-refractivity contribution in [3.8, 4) is 5.75 Å². The molecule has 1 rings (SSSR count). The Balaban J connectivity index is 2.67. The molecule has 0 aromatic heterocycles. The van der Waals surface area contributed by atoms with Crippen molar-refractivity contribution in [3.05, 3.63) is 29.6 Å². The van der Waals surface area contributed by atoms with Crippen LogP contribution in [0.15, 0.2) is 18.2 Å². The molecule has 5 heteroatoms. The predicted octanol–water partition coefficient (Wildman–Crippen LogP) is 2.71. The summed E-state index contributed by atoms with van der Waals surface area (Å²) >= 11 is 0. The second-order valence-corrected chi connectivity index (χ2v) is 4.57. The van der Waals surface area contributed by atoms with E-state index in [0.29, 0.717) is 0 Å².